The molecule has 36 heavy (non-hydrogen) atoms. The van der Waals surface area contributed by atoms with Crippen molar-refractivity contribution in [3.8, 4) is 23.0 Å². The normalized spacial score (nSPS) is 19.3. The van der Waals surface area contributed by atoms with Crippen LogP contribution in [-0.4, -0.2) is 47.3 Å². The lowest BCUT2D eigenvalue weighted by Gasteiger charge is -2.37. The Morgan fingerprint density at radius 1 is 0.861 bits per heavy atom. The monoisotopic (exact) mass is 493 g/mol. The summed E-state index contributed by atoms with van der Waals surface area (Å²) in [4.78, 5) is 26.7. The van der Waals surface area contributed by atoms with Crippen molar-refractivity contribution < 1.29 is 33.3 Å². The quantitative estimate of drug-likeness (QED) is 0.572. The Labute approximate surface area is 210 Å². The van der Waals surface area contributed by atoms with Crippen LogP contribution in [0.4, 0.5) is 0 Å². The maximum Gasteiger partial charge on any atom is 0.336 e. The van der Waals surface area contributed by atoms with Gasteiger partial charge in [0.1, 0.15) is 11.5 Å². The Hall–Kier alpha value is -3.94. The fourth-order valence-corrected chi connectivity index (χ4v) is 5.13. The lowest BCUT2D eigenvalue weighted by atomic mass is 9.71. The molecule has 8 heteroatoms. The number of hydrogen-bond acceptors (Lipinski definition) is 8. The Morgan fingerprint density at radius 3 is 2.22 bits per heavy atom. The van der Waals surface area contributed by atoms with Crippen LogP contribution in [0.5, 0.6) is 23.0 Å². The van der Waals surface area contributed by atoms with E-state index in [1.54, 1.807) is 40.6 Å². The van der Waals surface area contributed by atoms with Gasteiger partial charge in [0.05, 0.1) is 47.0 Å². The first-order valence-electron chi connectivity index (χ1n) is 11.6. The summed E-state index contributed by atoms with van der Waals surface area (Å²) in [6, 6.07) is 11.1. The van der Waals surface area contributed by atoms with E-state index >= 15 is 0 Å². The summed E-state index contributed by atoms with van der Waals surface area (Å²) in [5, 5.41) is 3.34. The van der Waals surface area contributed by atoms with Gasteiger partial charge in [-0.25, -0.2) is 4.79 Å². The van der Waals surface area contributed by atoms with Crippen molar-refractivity contribution in [1.29, 1.82) is 0 Å². The number of dihydropyridines is 1. The average molecular weight is 494 g/mol. The summed E-state index contributed by atoms with van der Waals surface area (Å²) in [5.74, 6) is 1.16. The van der Waals surface area contributed by atoms with Gasteiger partial charge in [0.25, 0.3) is 0 Å². The number of Topliss-reactive ketones (excluding diaryl/α,β-unsaturated/α-hetero) is 1. The summed E-state index contributed by atoms with van der Waals surface area (Å²) < 4.78 is 27.0. The number of ether oxygens (including phenoxy) is 5. The molecule has 0 aromatic heterocycles. The Kier molecular flexibility index (Phi) is 7.24. The van der Waals surface area contributed by atoms with E-state index in [1.807, 2.05) is 31.2 Å². The number of nitrogens with one attached hydrogen (secondary N) is 1. The van der Waals surface area contributed by atoms with Gasteiger partial charge in [-0.15, -0.1) is 0 Å². The van der Waals surface area contributed by atoms with E-state index in [0.29, 0.717) is 58.2 Å². The van der Waals surface area contributed by atoms with Crippen molar-refractivity contribution in [2.45, 2.75) is 31.6 Å². The number of allylic oxidation sites excluding steroid dienone is 3. The highest BCUT2D eigenvalue weighted by atomic mass is 16.5. The number of hydrogen-bond donors (Lipinski definition) is 1. The molecule has 1 heterocycles. The third kappa shape index (κ3) is 4.39. The Balaban J connectivity index is 1.82. The molecule has 1 N–H and O–H groups in total. The largest absolute Gasteiger partial charge is 0.497 e. The zero-order valence-electron chi connectivity index (χ0n) is 21.4. The minimum Gasteiger partial charge on any atom is -0.497 e. The molecule has 1 aliphatic heterocycles. The number of carbonyl (C=O) groups is 2. The van der Waals surface area contributed by atoms with Crippen LogP contribution in [0.3, 0.4) is 0 Å². The molecule has 0 unspecified atom stereocenters. The van der Waals surface area contributed by atoms with Crippen molar-refractivity contribution in [3.63, 3.8) is 0 Å². The molecule has 0 radical (unpaired) electrons. The van der Waals surface area contributed by atoms with Crippen LogP contribution in [0.15, 0.2) is 58.9 Å². The van der Waals surface area contributed by atoms with Crippen LogP contribution >= 0.6 is 0 Å². The zero-order chi connectivity index (χ0) is 26.0. The Morgan fingerprint density at radius 2 is 1.58 bits per heavy atom. The highest BCUT2D eigenvalue weighted by molar-refractivity contribution is 6.04. The molecule has 1 aliphatic carbocycles. The van der Waals surface area contributed by atoms with Crippen LogP contribution < -0.4 is 24.3 Å². The number of ketones is 1. The molecule has 2 aromatic carbocycles. The molecule has 0 spiro atoms. The molecule has 0 saturated heterocycles. The summed E-state index contributed by atoms with van der Waals surface area (Å²) in [5.41, 5.74) is 4.06. The van der Waals surface area contributed by atoms with E-state index in [-0.39, 0.29) is 11.7 Å². The first-order valence-corrected chi connectivity index (χ1v) is 11.6. The minimum absolute atomic E-state index is 0.0414. The summed E-state index contributed by atoms with van der Waals surface area (Å²) >= 11 is 0. The predicted octanol–water partition coefficient (Wildman–Crippen LogP) is 4.26. The standard InChI is InChI=1S/C28H31NO7/c1-15-25(28(31)36-6)26(19-9-8-18(32-2)14-23(19)34-4)27-20(29-15)11-17(12-21(27)30)16-7-10-22(33-3)24(13-16)35-5/h7-10,13-14,17,26,29H,11-12H2,1-6H3/t17-,26+/m1/s1. The van der Waals surface area contributed by atoms with E-state index in [4.69, 9.17) is 23.7 Å². The average Bonchev–Trinajstić information content (AvgIpc) is 2.90. The zero-order valence-corrected chi connectivity index (χ0v) is 21.4. The lowest BCUT2D eigenvalue weighted by Crippen LogP contribution is -2.36. The van der Waals surface area contributed by atoms with Crippen molar-refractivity contribution in [2.75, 3.05) is 35.5 Å². The second-order valence-corrected chi connectivity index (χ2v) is 8.73. The second kappa shape index (κ2) is 10.4. The van der Waals surface area contributed by atoms with Gasteiger partial charge in [-0.05, 0) is 43.0 Å². The van der Waals surface area contributed by atoms with Gasteiger partial charge >= 0.3 is 5.97 Å². The molecule has 4 rings (SSSR count). The van der Waals surface area contributed by atoms with Gasteiger partial charge in [0.2, 0.25) is 0 Å². The third-order valence-electron chi connectivity index (χ3n) is 6.86. The van der Waals surface area contributed by atoms with E-state index < -0.39 is 11.9 Å². The van der Waals surface area contributed by atoms with E-state index in [9.17, 15) is 9.59 Å². The van der Waals surface area contributed by atoms with E-state index in [0.717, 1.165) is 11.3 Å². The molecule has 0 bridgehead atoms. The summed E-state index contributed by atoms with van der Waals surface area (Å²) in [7, 11) is 7.64. The minimum atomic E-state index is -0.631. The van der Waals surface area contributed by atoms with E-state index in [2.05, 4.69) is 5.32 Å². The van der Waals surface area contributed by atoms with Crippen LogP contribution in [0, 0.1) is 0 Å². The molecule has 2 aliphatic rings. The fraction of sp³-hybridized carbons (Fsp3) is 0.357. The predicted molar refractivity (Wildman–Crippen MR) is 134 cm³/mol. The fourth-order valence-electron chi connectivity index (χ4n) is 5.13. The van der Waals surface area contributed by atoms with Crippen LogP contribution in [-0.2, 0) is 14.3 Å². The number of benzene rings is 2. The van der Waals surface area contributed by atoms with Crippen molar-refractivity contribution in [3.05, 3.63) is 70.1 Å². The van der Waals surface area contributed by atoms with Gasteiger partial charge in [0, 0.05) is 35.0 Å². The van der Waals surface area contributed by atoms with Gasteiger partial charge < -0.3 is 29.0 Å². The lowest BCUT2D eigenvalue weighted by molar-refractivity contribution is -0.136. The van der Waals surface area contributed by atoms with Gasteiger partial charge in [-0.2, -0.15) is 0 Å². The third-order valence-corrected chi connectivity index (χ3v) is 6.86. The smallest absolute Gasteiger partial charge is 0.336 e. The Bertz CT molecular complexity index is 1260. The topological polar surface area (TPSA) is 92.3 Å². The number of rotatable bonds is 7. The van der Waals surface area contributed by atoms with Crippen molar-refractivity contribution >= 4 is 11.8 Å². The van der Waals surface area contributed by atoms with Crippen molar-refractivity contribution in [1.82, 2.24) is 5.32 Å². The van der Waals surface area contributed by atoms with Crippen molar-refractivity contribution in [2.24, 2.45) is 0 Å². The number of methoxy groups -OCH3 is 5. The maximum atomic E-state index is 13.8. The van der Waals surface area contributed by atoms with E-state index in [1.165, 1.54) is 7.11 Å². The molecular formula is C28H31NO7. The highest BCUT2D eigenvalue weighted by Gasteiger charge is 2.42. The second-order valence-electron chi connectivity index (χ2n) is 8.73. The molecule has 2 aromatic rings. The SMILES string of the molecule is COC(=O)C1=C(C)NC2=C(C(=O)C[C@H](c3ccc(OC)c(OC)c3)C2)[C@H]1c1ccc(OC)cc1OC. The molecular weight excluding hydrogens is 462 g/mol. The first-order chi connectivity index (χ1) is 17.4. The first kappa shape index (κ1) is 25.2. The van der Waals surface area contributed by atoms with Crippen LogP contribution in [0.2, 0.25) is 0 Å². The molecule has 190 valence electrons. The molecule has 0 saturated carbocycles. The number of carbonyl (C=O) groups excluding carboxylic acids is 2. The highest BCUT2D eigenvalue weighted by Crippen LogP contribution is 2.48. The van der Waals surface area contributed by atoms with Crippen LogP contribution in [0.25, 0.3) is 0 Å². The van der Waals surface area contributed by atoms with Gasteiger partial charge in [0.15, 0.2) is 17.3 Å². The molecule has 2 atom stereocenters. The summed E-state index contributed by atoms with van der Waals surface area (Å²) in [6.07, 6.45) is 0.885. The van der Waals surface area contributed by atoms with Gasteiger partial charge in [-0.1, -0.05) is 12.1 Å². The molecule has 0 amide bonds. The number of esters is 1. The maximum absolute atomic E-state index is 13.8. The molecule has 0 fully saturated rings. The van der Waals surface area contributed by atoms with Crippen LogP contribution in [0.1, 0.15) is 42.7 Å². The molecule has 8 nitrogen and oxygen atoms in total. The van der Waals surface area contributed by atoms with Gasteiger partial charge in [-0.3, -0.25) is 4.79 Å². The summed E-state index contributed by atoms with van der Waals surface area (Å²) in [6.45, 7) is 1.82.